The third kappa shape index (κ3) is 7.32. The van der Waals surface area contributed by atoms with E-state index < -0.39 is 0 Å². The molecule has 1 saturated heterocycles. The molecule has 0 aromatic heterocycles. The van der Waals surface area contributed by atoms with E-state index in [9.17, 15) is 9.59 Å². The van der Waals surface area contributed by atoms with Crippen molar-refractivity contribution in [3.8, 4) is 0 Å². The summed E-state index contributed by atoms with van der Waals surface area (Å²) in [7, 11) is 0. The minimum Gasteiger partial charge on any atom is -0.300 e. The summed E-state index contributed by atoms with van der Waals surface area (Å²) in [6.45, 7) is 9.83. The van der Waals surface area contributed by atoms with Crippen molar-refractivity contribution in [3.05, 3.63) is 12.7 Å². The molecule has 1 heterocycles. The predicted octanol–water partition coefficient (Wildman–Crippen LogP) is 3.18. The number of carbonyl (C=O) groups excluding carboxylic acids is 2. The van der Waals surface area contributed by atoms with Crippen molar-refractivity contribution in [2.75, 3.05) is 0 Å². The van der Waals surface area contributed by atoms with Crippen molar-refractivity contribution in [2.24, 2.45) is 11.8 Å². The third-order valence-corrected chi connectivity index (χ3v) is 4.38. The third-order valence-electron chi connectivity index (χ3n) is 4.38. The first-order valence-electron chi connectivity index (χ1n) is 8.59. The monoisotopic (exact) mass is 308 g/mol. The van der Waals surface area contributed by atoms with Crippen LogP contribution < -0.4 is 10.9 Å². The maximum atomic E-state index is 11.8. The smallest absolute Gasteiger partial charge is 0.136 e. The first kappa shape index (κ1) is 19.0. The van der Waals surface area contributed by atoms with E-state index in [4.69, 9.17) is 0 Å². The van der Waals surface area contributed by atoms with Crippen LogP contribution in [0.15, 0.2) is 12.7 Å². The molecule has 126 valence electrons. The van der Waals surface area contributed by atoms with Crippen molar-refractivity contribution in [2.45, 2.75) is 77.8 Å². The highest BCUT2D eigenvalue weighted by Gasteiger charge is 2.26. The molecule has 4 heteroatoms. The second-order valence-corrected chi connectivity index (χ2v) is 6.90. The molecular formula is C18H32N2O2. The van der Waals surface area contributed by atoms with Gasteiger partial charge in [-0.15, -0.1) is 6.58 Å². The number of hydrogen-bond donors (Lipinski definition) is 2. The van der Waals surface area contributed by atoms with Crippen molar-refractivity contribution in [3.63, 3.8) is 0 Å². The Balaban J connectivity index is 2.51. The lowest BCUT2D eigenvalue weighted by Gasteiger charge is -2.22. The van der Waals surface area contributed by atoms with Gasteiger partial charge >= 0.3 is 0 Å². The molecule has 1 fully saturated rings. The van der Waals surface area contributed by atoms with Gasteiger partial charge in [-0.3, -0.25) is 20.4 Å². The van der Waals surface area contributed by atoms with Crippen LogP contribution in [0.5, 0.6) is 0 Å². The summed E-state index contributed by atoms with van der Waals surface area (Å²) in [5.41, 5.74) is 6.73. The van der Waals surface area contributed by atoms with Crippen molar-refractivity contribution in [1.29, 1.82) is 0 Å². The molecule has 4 unspecified atom stereocenters. The van der Waals surface area contributed by atoms with Gasteiger partial charge in [-0.05, 0) is 38.0 Å². The summed E-state index contributed by atoms with van der Waals surface area (Å²) in [6.07, 6.45) is 7.05. The molecule has 0 bridgehead atoms. The number of ketones is 2. The fourth-order valence-corrected chi connectivity index (χ4v) is 3.37. The molecule has 1 aliphatic heterocycles. The Morgan fingerprint density at radius 3 is 2.64 bits per heavy atom. The number of hydrogen-bond acceptors (Lipinski definition) is 4. The Labute approximate surface area is 135 Å². The molecule has 0 radical (unpaired) electrons. The van der Waals surface area contributed by atoms with Gasteiger partial charge in [-0.1, -0.05) is 19.9 Å². The quantitative estimate of drug-likeness (QED) is 0.642. The number of rotatable bonds is 9. The van der Waals surface area contributed by atoms with Gasteiger partial charge in [0.2, 0.25) is 0 Å². The maximum Gasteiger partial charge on any atom is 0.136 e. The van der Waals surface area contributed by atoms with Crippen LogP contribution in [0, 0.1) is 11.8 Å². The number of allylic oxidation sites excluding steroid dienone is 1. The van der Waals surface area contributed by atoms with Crippen LogP contribution in [0.2, 0.25) is 0 Å². The van der Waals surface area contributed by atoms with Gasteiger partial charge in [-0.25, -0.2) is 0 Å². The molecule has 0 aromatic carbocycles. The van der Waals surface area contributed by atoms with E-state index >= 15 is 0 Å². The Morgan fingerprint density at radius 2 is 2.00 bits per heavy atom. The zero-order valence-electron chi connectivity index (χ0n) is 14.4. The molecule has 0 saturated carbocycles. The fraction of sp³-hybridized carbons (Fsp3) is 0.778. The zero-order valence-corrected chi connectivity index (χ0v) is 14.4. The summed E-state index contributed by atoms with van der Waals surface area (Å²) in [5.74, 6) is 1.40. The first-order valence-corrected chi connectivity index (χ1v) is 8.59. The Kier molecular flexibility index (Phi) is 8.57. The van der Waals surface area contributed by atoms with Gasteiger partial charge in [0.1, 0.15) is 11.6 Å². The molecule has 0 aliphatic carbocycles. The molecule has 0 amide bonds. The van der Waals surface area contributed by atoms with E-state index in [-0.39, 0.29) is 5.78 Å². The normalized spacial score (nSPS) is 27.0. The zero-order chi connectivity index (χ0) is 16.5. The molecule has 4 nitrogen and oxygen atoms in total. The fourth-order valence-electron chi connectivity index (χ4n) is 3.37. The number of carbonyl (C=O) groups is 2. The highest BCUT2D eigenvalue weighted by Crippen LogP contribution is 2.25. The molecule has 2 N–H and O–H groups in total. The lowest BCUT2D eigenvalue weighted by atomic mass is 9.86. The van der Waals surface area contributed by atoms with E-state index in [0.29, 0.717) is 55.4 Å². The minimum absolute atomic E-state index is 0.259. The van der Waals surface area contributed by atoms with Crippen LogP contribution in [0.4, 0.5) is 0 Å². The van der Waals surface area contributed by atoms with Crippen molar-refractivity contribution >= 4 is 11.6 Å². The van der Waals surface area contributed by atoms with Gasteiger partial charge in [0.25, 0.3) is 0 Å². The van der Waals surface area contributed by atoms with Crippen molar-refractivity contribution < 1.29 is 9.59 Å². The van der Waals surface area contributed by atoms with Crippen LogP contribution in [-0.2, 0) is 9.59 Å². The highest BCUT2D eigenvalue weighted by molar-refractivity contribution is 5.80. The summed E-state index contributed by atoms with van der Waals surface area (Å²) >= 11 is 0. The van der Waals surface area contributed by atoms with Crippen LogP contribution in [0.1, 0.15) is 65.7 Å². The average molecular weight is 308 g/mol. The van der Waals surface area contributed by atoms with Crippen LogP contribution in [-0.4, -0.2) is 23.7 Å². The molecule has 1 rings (SSSR count). The van der Waals surface area contributed by atoms with E-state index in [2.05, 4.69) is 31.3 Å². The van der Waals surface area contributed by atoms with Crippen LogP contribution in [0.3, 0.4) is 0 Å². The Morgan fingerprint density at radius 1 is 1.27 bits per heavy atom. The topological polar surface area (TPSA) is 58.2 Å². The standard InChI is InChI=1S/C18H32N2O2/c1-5-7-18(22)9-13(3)8-16-11-15(12-17(21)6-2)10-14(4)19-20-16/h5,13-16,19-20H,1,6-12H2,2-4H3. The molecule has 22 heavy (non-hydrogen) atoms. The first-order chi connectivity index (χ1) is 10.4. The van der Waals surface area contributed by atoms with Crippen LogP contribution in [0.25, 0.3) is 0 Å². The van der Waals surface area contributed by atoms with E-state index in [1.807, 2.05) is 6.92 Å². The molecular weight excluding hydrogens is 276 g/mol. The molecule has 1 aliphatic rings. The SMILES string of the molecule is C=CCC(=O)CC(C)CC1CC(CC(=O)CC)CC(C)NN1. The molecule has 4 atom stereocenters. The van der Waals surface area contributed by atoms with E-state index in [1.54, 1.807) is 6.08 Å². The largest absolute Gasteiger partial charge is 0.300 e. The van der Waals surface area contributed by atoms with Gasteiger partial charge in [-0.2, -0.15) is 0 Å². The summed E-state index contributed by atoms with van der Waals surface area (Å²) in [4.78, 5) is 23.5. The van der Waals surface area contributed by atoms with Gasteiger partial charge in [0.05, 0.1) is 0 Å². The van der Waals surface area contributed by atoms with Gasteiger partial charge in [0, 0.05) is 37.8 Å². The Hall–Kier alpha value is -1.00. The number of hydrazine groups is 1. The molecule has 0 aromatic rings. The van der Waals surface area contributed by atoms with E-state index in [1.165, 1.54) is 0 Å². The van der Waals surface area contributed by atoms with Crippen molar-refractivity contribution in [1.82, 2.24) is 10.9 Å². The second kappa shape index (κ2) is 9.90. The predicted molar refractivity (Wildman–Crippen MR) is 90.4 cm³/mol. The molecule has 0 spiro atoms. The van der Waals surface area contributed by atoms with E-state index in [0.717, 1.165) is 19.3 Å². The number of Topliss-reactive ketones (excluding diaryl/α,β-unsaturated/α-hetero) is 2. The highest BCUT2D eigenvalue weighted by atomic mass is 16.1. The lowest BCUT2D eigenvalue weighted by Crippen LogP contribution is -2.43. The van der Waals surface area contributed by atoms with Crippen LogP contribution >= 0.6 is 0 Å². The summed E-state index contributed by atoms with van der Waals surface area (Å²) in [5, 5.41) is 0. The Bertz CT molecular complexity index is 381. The maximum absolute atomic E-state index is 11.8. The lowest BCUT2D eigenvalue weighted by molar-refractivity contribution is -0.120. The summed E-state index contributed by atoms with van der Waals surface area (Å²) < 4.78 is 0. The van der Waals surface area contributed by atoms with Gasteiger partial charge < -0.3 is 0 Å². The second-order valence-electron chi connectivity index (χ2n) is 6.90. The minimum atomic E-state index is 0.259. The average Bonchev–Trinajstić information content (AvgIpc) is 2.60. The summed E-state index contributed by atoms with van der Waals surface area (Å²) in [6, 6.07) is 0.698. The number of nitrogens with one attached hydrogen (secondary N) is 2. The van der Waals surface area contributed by atoms with Gasteiger partial charge in [0.15, 0.2) is 0 Å².